The summed E-state index contributed by atoms with van der Waals surface area (Å²) in [7, 11) is 0. The van der Waals surface area contributed by atoms with Crippen molar-refractivity contribution in [3.05, 3.63) is 0 Å². The number of hydrogen-bond donors (Lipinski definition) is 2. The zero-order valence-electron chi connectivity index (χ0n) is 7.89. The minimum absolute atomic E-state index is 0.224. The molecule has 1 aliphatic heterocycles. The number of nitrogens with one attached hydrogen (secondary N) is 2. The average Bonchev–Trinajstić information content (AvgIpc) is 1.96. The molecule has 3 heteroatoms. The number of hydrogen-bond acceptors (Lipinski definition) is 2. The maximum atomic E-state index is 11.4. The zero-order chi connectivity index (χ0) is 8.97. The molecule has 12 heavy (non-hydrogen) atoms. The predicted octanol–water partition coefficient (Wildman–Crippen LogP) is 0.511. The lowest BCUT2D eigenvalue weighted by Gasteiger charge is -2.27. The summed E-state index contributed by atoms with van der Waals surface area (Å²) in [6, 6.07) is 0.373. The summed E-state index contributed by atoms with van der Waals surface area (Å²) in [5.74, 6) is 0.452. The molecule has 1 saturated heterocycles. The van der Waals surface area contributed by atoms with Crippen LogP contribution >= 0.6 is 0 Å². The smallest absolute Gasteiger partial charge is 0.225 e. The zero-order valence-corrected chi connectivity index (χ0v) is 7.89. The molecule has 1 rings (SSSR count). The fraction of sp³-hybridized carbons (Fsp3) is 0.889. The van der Waals surface area contributed by atoms with E-state index in [-0.39, 0.29) is 11.8 Å². The maximum absolute atomic E-state index is 11.4. The molecule has 1 heterocycles. The lowest BCUT2D eigenvalue weighted by Crippen LogP contribution is -2.52. The second-order valence-electron chi connectivity index (χ2n) is 3.38. The van der Waals surface area contributed by atoms with Gasteiger partial charge in [0.05, 0.1) is 5.92 Å². The summed E-state index contributed by atoms with van der Waals surface area (Å²) in [4.78, 5) is 11.4. The van der Waals surface area contributed by atoms with Crippen LogP contribution in [0.15, 0.2) is 0 Å². The Labute approximate surface area is 73.9 Å². The molecular weight excluding hydrogens is 152 g/mol. The van der Waals surface area contributed by atoms with Gasteiger partial charge in [0.2, 0.25) is 5.91 Å². The Kier molecular flexibility index (Phi) is 3.53. The first-order valence-corrected chi connectivity index (χ1v) is 4.79. The van der Waals surface area contributed by atoms with Crippen molar-refractivity contribution in [1.29, 1.82) is 0 Å². The van der Waals surface area contributed by atoms with Gasteiger partial charge in [0, 0.05) is 19.1 Å². The van der Waals surface area contributed by atoms with E-state index in [2.05, 4.69) is 24.5 Å². The lowest BCUT2D eigenvalue weighted by molar-refractivity contribution is -0.127. The van der Waals surface area contributed by atoms with Gasteiger partial charge in [0.25, 0.3) is 0 Å². The fourth-order valence-electron chi connectivity index (χ4n) is 1.29. The molecule has 70 valence electrons. The van der Waals surface area contributed by atoms with E-state index in [0.717, 1.165) is 25.9 Å². The van der Waals surface area contributed by atoms with Gasteiger partial charge in [-0.3, -0.25) is 4.79 Å². The summed E-state index contributed by atoms with van der Waals surface area (Å²) < 4.78 is 0. The molecule has 3 nitrogen and oxygen atoms in total. The van der Waals surface area contributed by atoms with Gasteiger partial charge in [-0.1, -0.05) is 13.8 Å². The van der Waals surface area contributed by atoms with Gasteiger partial charge in [0.1, 0.15) is 0 Å². The molecule has 1 amide bonds. The van der Waals surface area contributed by atoms with Gasteiger partial charge in [-0.2, -0.15) is 0 Å². The molecule has 0 aliphatic carbocycles. The third kappa shape index (κ3) is 2.21. The van der Waals surface area contributed by atoms with E-state index in [0.29, 0.717) is 6.04 Å². The Morgan fingerprint density at radius 2 is 2.08 bits per heavy atom. The Morgan fingerprint density at radius 3 is 2.42 bits per heavy atom. The third-order valence-electron chi connectivity index (χ3n) is 2.48. The van der Waals surface area contributed by atoms with Crippen LogP contribution in [0.2, 0.25) is 0 Å². The van der Waals surface area contributed by atoms with Crippen molar-refractivity contribution in [3.8, 4) is 0 Å². The molecule has 2 N–H and O–H groups in total. The van der Waals surface area contributed by atoms with E-state index in [9.17, 15) is 4.79 Å². The highest BCUT2D eigenvalue weighted by molar-refractivity contribution is 5.80. The van der Waals surface area contributed by atoms with Crippen molar-refractivity contribution < 1.29 is 4.79 Å². The summed E-state index contributed by atoms with van der Waals surface area (Å²) in [5, 5.41) is 6.13. The normalized spacial score (nSPS) is 17.6. The number of carbonyl (C=O) groups excluding carboxylic acids is 1. The molecule has 0 aromatic heterocycles. The monoisotopic (exact) mass is 170 g/mol. The van der Waals surface area contributed by atoms with Crippen molar-refractivity contribution in [2.24, 2.45) is 5.92 Å². The standard InChI is InChI=1S/C9H18N2O/c1-3-8(4-2)11-9(12)7-5-10-6-7/h7-8,10H,3-6H2,1-2H3,(H,11,12). The highest BCUT2D eigenvalue weighted by Gasteiger charge is 2.25. The Hall–Kier alpha value is -0.570. The number of rotatable bonds is 4. The van der Waals surface area contributed by atoms with E-state index < -0.39 is 0 Å². The molecular formula is C9H18N2O. The van der Waals surface area contributed by atoms with Crippen molar-refractivity contribution >= 4 is 5.91 Å². The van der Waals surface area contributed by atoms with Crippen LogP contribution in [0.5, 0.6) is 0 Å². The van der Waals surface area contributed by atoms with Crippen LogP contribution in [0, 0.1) is 5.92 Å². The van der Waals surface area contributed by atoms with Crippen LogP contribution in [0.4, 0.5) is 0 Å². The van der Waals surface area contributed by atoms with Gasteiger partial charge in [0.15, 0.2) is 0 Å². The van der Waals surface area contributed by atoms with Crippen LogP contribution in [-0.4, -0.2) is 25.0 Å². The molecule has 0 aromatic rings. The minimum atomic E-state index is 0.224. The molecule has 0 spiro atoms. The number of amides is 1. The van der Waals surface area contributed by atoms with Gasteiger partial charge < -0.3 is 10.6 Å². The van der Waals surface area contributed by atoms with Gasteiger partial charge in [-0.05, 0) is 12.8 Å². The van der Waals surface area contributed by atoms with Gasteiger partial charge >= 0.3 is 0 Å². The molecule has 0 atom stereocenters. The van der Waals surface area contributed by atoms with Crippen molar-refractivity contribution in [2.45, 2.75) is 32.7 Å². The van der Waals surface area contributed by atoms with Crippen molar-refractivity contribution in [2.75, 3.05) is 13.1 Å². The lowest BCUT2D eigenvalue weighted by atomic mass is 10.0. The first kappa shape index (κ1) is 9.52. The Bertz CT molecular complexity index is 151. The topological polar surface area (TPSA) is 41.1 Å². The fourth-order valence-corrected chi connectivity index (χ4v) is 1.29. The molecule has 1 fully saturated rings. The summed E-state index contributed by atoms with van der Waals surface area (Å²) in [5.41, 5.74) is 0. The van der Waals surface area contributed by atoms with Crippen LogP contribution < -0.4 is 10.6 Å². The Balaban J connectivity index is 2.23. The van der Waals surface area contributed by atoms with E-state index in [1.165, 1.54) is 0 Å². The van der Waals surface area contributed by atoms with Crippen molar-refractivity contribution in [1.82, 2.24) is 10.6 Å². The summed E-state index contributed by atoms with van der Waals surface area (Å²) >= 11 is 0. The maximum Gasteiger partial charge on any atom is 0.225 e. The SMILES string of the molecule is CCC(CC)NC(=O)C1CNC1. The summed E-state index contributed by atoms with van der Waals surface area (Å²) in [6.07, 6.45) is 2.06. The molecule has 0 saturated carbocycles. The second-order valence-corrected chi connectivity index (χ2v) is 3.38. The second kappa shape index (κ2) is 4.45. The van der Waals surface area contributed by atoms with Gasteiger partial charge in [-0.25, -0.2) is 0 Å². The van der Waals surface area contributed by atoms with E-state index in [4.69, 9.17) is 0 Å². The van der Waals surface area contributed by atoms with Crippen LogP contribution in [0.25, 0.3) is 0 Å². The highest BCUT2D eigenvalue weighted by Crippen LogP contribution is 2.04. The van der Waals surface area contributed by atoms with Crippen LogP contribution in [0.1, 0.15) is 26.7 Å². The Morgan fingerprint density at radius 1 is 1.50 bits per heavy atom. The van der Waals surface area contributed by atoms with Gasteiger partial charge in [-0.15, -0.1) is 0 Å². The third-order valence-corrected chi connectivity index (χ3v) is 2.48. The van der Waals surface area contributed by atoms with E-state index >= 15 is 0 Å². The number of carbonyl (C=O) groups is 1. The molecule has 0 bridgehead atoms. The quantitative estimate of drug-likeness (QED) is 0.645. The molecule has 0 aromatic carbocycles. The van der Waals surface area contributed by atoms with Crippen LogP contribution in [-0.2, 0) is 4.79 Å². The molecule has 0 unspecified atom stereocenters. The largest absolute Gasteiger partial charge is 0.353 e. The van der Waals surface area contributed by atoms with Crippen molar-refractivity contribution in [3.63, 3.8) is 0 Å². The minimum Gasteiger partial charge on any atom is -0.353 e. The predicted molar refractivity (Wildman–Crippen MR) is 48.9 cm³/mol. The van der Waals surface area contributed by atoms with Crippen LogP contribution in [0.3, 0.4) is 0 Å². The molecule has 1 aliphatic rings. The van der Waals surface area contributed by atoms with E-state index in [1.54, 1.807) is 0 Å². The first-order chi connectivity index (χ1) is 5.77. The summed E-state index contributed by atoms with van der Waals surface area (Å²) in [6.45, 7) is 5.92. The average molecular weight is 170 g/mol. The highest BCUT2D eigenvalue weighted by atomic mass is 16.2. The van der Waals surface area contributed by atoms with E-state index in [1.807, 2.05) is 0 Å². The molecule has 0 radical (unpaired) electrons. The first-order valence-electron chi connectivity index (χ1n) is 4.79.